The molecule has 0 aliphatic heterocycles. The van der Waals surface area contributed by atoms with E-state index in [2.05, 4.69) is 10.3 Å². The number of urea groups is 1. The zero-order chi connectivity index (χ0) is 17.8. The molecule has 1 fully saturated rings. The Bertz CT molecular complexity index is 762. The second kappa shape index (κ2) is 7.29. The van der Waals surface area contributed by atoms with Gasteiger partial charge in [0.05, 0.1) is 23.2 Å². The topological polar surface area (TPSA) is 88.4 Å². The Kier molecular flexibility index (Phi) is 4.92. The highest BCUT2D eigenvalue weighted by Crippen LogP contribution is 2.29. The second-order valence-electron chi connectivity index (χ2n) is 6.20. The van der Waals surface area contributed by atoms with Crippen molar-refractivity contribution in [2.75, 3.05) is 0 Å². The quantitative estimate of drug-likeness (QED) is 0.644. The van der Waals surface area contributed by atoms with Crippen molar-refractivity contribution < 1.29 is 9.72 Å². The Morgan fingerprint density at radius 1 is 1.36 bits per heavy atom. The van der Waals surface area contributed by atoms with E-state index in [4.69, 9.17) is 0 Å². The first kappa shape index (κ1) is 16.9. The third kappa shape index (κ3) is 4.32. The molecule has 1 unspecified atom stereocenters. The molecule has 7 heteroatoms. The van der Waals surface area contributed by atoms with Crippen molar-refractivity contribution in [2.24, 2.45) is 0 Å². The SMILES string of the molecule is CC(NC(=O)N(Cc1ccccn1)C1CC1)c1cccc([N+](=O)[O-])c1. The number of carbonyl (C=O) groups is 1. The Balaban J connectivity index is 1.68. The van der Waals surface area contributed by atoms with Crippen LogP contribution >= 0.6 is 0 Å². The van der Waals surface area contributed by atoms with Crippen LogP contribution in [0.3, 0.4) is 0 Å². The van der Waals surface area contributed by atoms with E-state index in [0.29, 0.717) is 12.1 Å². The van der Waals surface area contributed by atoms with Gasteiger partial charge in [-0.15, -0.1) is 0 Å². The average molecular weight is 340 g/mol. The standard InChI is InChI=1S/C18H20N4O3/c1-13(14-5-4-7-17(11-14)22(24)25)20-18(23)21(16-8-9-16)12-15-6-2-3-10-19-15/h2-7,10-11,13,16H,8-9,12H2,1H3,(H,20,23). The molecule has 25 heavy (non-hydrogen) atoms. The molecule has 0 radical (unpaired) electrons. The van der Waals surface area contributed by atoms with Crippen molar-refractivity contribution in [1.29, 1.82) is 0 Å². The molecule has 2 amide bonds. The summed E-state index contributed by atoms with van der Waals surface area (Å²) in [6, 6.07) is 11.7. The van der Waals surface area contributed by atoms with E-state index in [-0.39, 0.29) is 23.8 Å². The van der Waals surface area contributed by atoms with E-state index in [9.17, 15) is 14.9 Å². The number of nitro benzene ring substituents is 1. The van der Waals surface area contributed by atoms with Crippen molar-refractivity contribution >= 4 is 11.7 Å². The minimum atomic E-state index is -0.435. The molecule has 1 N–H and O–H groups in total. The van der Waals surface area contributed by atoms with Gasteiger partial charge in [0.1, 0.15) is 0 Å². The summed E-state index contributed by atoms with van der Waals surface area (Å²) in [5, 5.41) is 13.9. The van der Waals surface area contributed by atoms with E-state index >= 15 is 0 Å². The number of pyridine rings is 1. The lowest BCUT2D eigenvalue weighted by molar-refractivity contribution is -0.384. The molecule has 0 spiro atoms. The number of hydrogen-bond donors (Lipinski definition) is 1. The van der Waals surface area contributed by atoms with Crippen LogP contribution in [-0.2, 0) is 6.54 Å². The highest BCUT2D eigenvalue weighted by atomic mass is 16.6. The number of benzene rings is 1. The van der Waals surface area contributed by atoms with Crippen molar-refractivity contribution in [2.45, 2.75) is 38.4 Å². The Hall–Kier alpha value is -2.96. The van der Waals surface area contributed by atoms with Gasteiger partial charge in [-0.2, -0.15) is 0 Å². The van der Waals surface area contributed by atoms with Gasteiger partial charge in [0.2, 0.25) is 0 Å². The third-order valence-electron chi connectivity index (χ3n) is 4.23. The second-order valence-corrected chi connectivity index (χ2v) is 6.20. The van der Waals surface area contributed by atoms with Gasteiger partial charge in [-0.1, -0.05) is 18.2 Å². The van der Waals surface area contributed by atoms with Crippen molar-refractivity contribution in [3.8, 4) is 0 Å². The summed E-state index contributed by atoms with van der Waals surface area (Å²) < 4.78 is 0. The van der Waals surface area contributed by atoms with Gasteiger partial charge in [0, 0.05) is 24.4 Å². The average Bonchev–Trinajstić information content (AvgIpc) is 3.45. The first-order valence-electron chi connectivity index (χ1n) is 8.26. The van der Waals surface area contributed by atoms with Gasteiger partial charge in [0.25, 0.3) is 5.69 Å². The van der Waals surface area contributed by atoms with Gasteiger partial charge < -0.3 is 10.2 Å². The summed E-state index contributed by atoms with van der Waals surface area (Å²) in [6.07, 6.45) is 3.70. The van der Waals surface area contributed by atoms with Crippen LogP contribution in [0.2, 0.25) is 0 Å². The molecule has 1 aromatic heterocycles. The molecule has 1 aromatic carbocycles. The van der Waals surface area contributed by atoms with E-state index in [1.54, 1.807) is 23.2 Å². The molecular weight excluding hydrogens is 320 g/mol. The van der Waals surface area contributed by atoms with Crippen LogP contribution in [0.5, 0.6) is 0 Å². The van der Waals surface area contributed by atoms with Crippen LogP contribution in [0, 0.1) is 10.1 Å². The number of non-ortho nitro benzene ring substituents is 1. The first-order valence-corrected chi connectivity index (χ1v) is 8.26. The van der Waals surface area contributed by atoms with Gasteiger partial charge in [-0.3, -0.25) is 15.1 Å². The van der Waals surface area contributed by atoms with Crippen molar-refractivity contribution in [3.05, 3.63) is 70.0 Å². The number of nitrogens with zero attached hydrogens (tertiary/aromatic N) is 3. The molecule has 1 aliphatic rings. The molecular formula is C18H20N4O3. The van der Waals surface area contributed by atoms with E-state index in [1.807, 2.05) is 25.1 Å². The zero-order valence-electron chi connectivity index (χ0n) is 14.0. The lowest BCUT2D eigenvalue weighted by atomic mass is 10.1. The van der Waals surface area contributed by atoms with Gasteiger partial charge in [0.15, 0.2) is 0 Å². The number of hydrogen-bond acceptors (Lipinski definition) is 4. The number of aromatic nitrogens is 1. The summed E-state index contributed by atoms with van der Waals surface area (Å²) in [7, 11) is 0. The summed E-state index contributed by atoms with van der Waals surface area (Å²) >= 11 is 0. The van der Waals surface area contributed by atoms with Crippen molar-refractivity contribution in [1.82, 2.24) is 15.2 Å². The molecule has 0 saturated heterocycles. The fourth-order valence-corrected chi connectivity index (χ4v) is 2.68. The van der Waals surface area contributed by atoms with Gasteiger partial charge in [-0.25, -0.2) is 4.79 Å². The number of carbonyl (C=O) groups excluding carboxylic acids is 1. The van der Waals surface area contributed by atoms with Gasteiger partial charge >= 0.3 is 6.03 Å². The smallest absolute Gasteiger partial charge is 0.318 e. The maximum atomic E-state index is 12.7. The predicted octanol–water partition coefficient (Wildman–Crippen LogP) is 3.43. The molecule has 1 heterocycles. The molecule has 7 nitrogen and oxygen atoms in total. The first-order chi connectivity index (χ1) is 12.0. The molecule has 1 aliphatic carbocycles. The van der Waals surface area contributed by atoms with Crippen LogP contribution in [0.1, 0.15) is 37.1 Å². The molecule has 1 atom stereocenters. The van der Waals surface area contributed by atoms with Crippen LogP contribution < -0.4 is 5.32 Å². The minimum Gasteiger partial charge on any atom is -0.331 e. The van der Waals surface area contributed by atoms with Crippen molar-refractivity contribution in [3.63, 3.8) is 0 Å². The van der Waals surface area contributed by atoms with Crippen LogP contribution in [0.25, 0.3) is 0 Å². The molecule has 0 bridgehead atoms. The fourth-order valence-electron chi connectivity index (χ4n) is 2.68. The lowest BCUT2D eigenvalue weighted by Gasteiger charge is -2.25. The van der Waals surface area contributed by atoms with Gasteiger partial charge in [-0.05, 0) is 37.5 Å². The summed E-state index contributed by atoms with van der Waals surface area (Å²) in [5.74, 6) is 0. The zero-order valence-corrected chi connectivity index (χ0v) is 14.0. The largest absolute Gasteiger partial charge is 0.331 e. The Morgan fingerprint density at radius 3 is 2.80 bits per heavy atom. The van der Waals surface area contributed by atoms with Crippen LogP contribution in [0.15, 0.2) is 48.7 Å². The monoisotopic (exact) mass is 340 g/mol. The fraction of sp³-hybridized carbons (Fsp3) is 0.333. The van der Waals surface area contributed by atoms with E-state index in [1.165, 1.54) is 12.1 Å². The van der Waals surface area contributed by atoms with Crippen LogP contribution in [0.4, 0.5) is 10.5 Å². The number of amides is 2. The maximum Gasteiger partial charge on any atom is 0.318 e. The summed E-state index contributed by atoms with van der Waals surface area (Å²) in [4.78, 5) is 29.2. The van der Waals surface area contributed by atoms with Crippen LogP contribution in [-0.4, -0.2) is 26.9 Å². The lowest BCUT2D eigenvalue weighted by Crippen LogP contribution is -2.42. The molecule has 130 valence electrons. The molecule has 1 saturated carbocycles. The highest BCUT2D eigenvalue weighted by Gasteiger charge is 2.33. The van der Waals surface area contributed by atoms with E-state index in [0.717, 1.165) is 18.5 Å². The number of nitrogens with one attached hydrogen (secondary N) is 1. The molecule has 2 aromatic rings. The number of nitro groups is 1. The van der Waals surface area contributed by atoms with E-state index < -0.39 is 4.92 Å². The summed E-state index contributed by atoms with van der Waals surface area (Å²) in [5.41, 5.74) is 1.56. The predicted molar refractivity (Wildman–Crippen MR) is 92.8 cm³/mol. The minimum absolute atomic E-state index is 0.0196. The highest BCUT2D eigenvalue weighted by molar-refractivity contribution is 5.75. The summed E-state index contributed by atoms with van der Waals surface area (Å²) in [6.45, 7) is 2.28. The Morgan fingerprint density at radius 2 is 2.16 bits per heavy atom. The Labute approximate surface area is 145 Å². The third-order valence-corrected chi connectivity index (χ3v) is 4.23. The molecule has 3 rings (SSSR count). The normalized spacial score (nSPS) is 14.6. The number of rotatable bonds is 6. The maximum absolute atomic E-state index is 12.7.